The van der Waals surface area contributed by atoms with Crippen LogP contribution in [-0.2, 0) is 19.4 Å². The Bertz CT molecular complexity index is 598. The molecule has 0 aliphatic carbocycles. The van der Waals surface area contributed by atoms with Crippen LogP contribution >= 0.6 is 0 Å². The van der Waals surface area contributed by atoms with Crippen molar-refractivity contribution in [2.75, 3.05) is 11.9 Å². The number of hydrogen-bond donors (Lipinski definition) is 2. The number of nitrogens with two attached hydrogens (primary N) is 1. The molecule has 0 fully saturated rings. The summed E-state index contributed by atoms with van der Waals surface area (Å²) in [7, 11) is 0. The van der Waals surface area contributed by atoms with Crippen LogP contribution in [0.5, 0.6) is 0 Å². The van der Waals surface area contributed by atoms with Gasteiger partial charge in [-0.3, -0.25) is 9.48 Å². The molecule has 3 N–H and O–H groups in total. The summed E-state index contributed by atoms with van der Waals surface area (Å²) in [6.07, 6.45) is 3.34. The van der Waals surface area contributed by atoms with Gasteiger partial charge in [-0.15, -0.1) is 5.10 Å². The van der Waals surface area contributed by atoms with E-state index in [1.807, 2.05) is 18.2 Å². The Balaban J connectivity index is 2.22. The number of para-hydroxylation sites is 1. The van der Waals surface area contributed by atoms with Crippen LogP contribution in [0.2, 0.25) is 0 Å². The van der Waals surface area contributed by atoms with Gasteiger partial charge in [-0.05, 0) is 24.0 Å². The van der Waals surface area contributed by atoms with Crippen LogP contribution < -0.4 is 11.1 Å². The van der Waals surface area contributed by atoms with Gasteiger partial charge in [-0.25, -0.2) is 0 Å². The van der Waals surface area contributed by atoms with Crippen LogP contribution in [-0.4, -0.2) is 27.4 Å². The zero-order chi connectivity index (χ0) is 15.2. The first-order valence-corrected chi connectivity index (χ1v) is 7.21. The molecule has 1 aromatic carbocycles. The van der Waals surface area contributed by atoms with Crippen LogP contribution in [0.25, 0.3) is 0 Å². The summed E-state index contributed by atoms with van der Waals surface area (Å²) >= 11 is 0. The monoisotopic (exact) mass is 287 g/mol. The molecule has 0 atom stereocenters. The van der Waals surface area contributed by atoms with E-state index < -0.39 is 0 Å². The molecule has 1 amide bonds. The van der Waals surface area contributed by atoms with Crippen molar-refractivity contribution >= 4 is 11.6 Å². The van der Waals surface area contributed by atoms with Crippen molar-refractivity contribution in [3.8, 4) is 0 Å². The number of nitrogens with zero attached hydrogens (tertiary/aromatic N) is 3. The largest absolute Gasteiger partial charge is 0.329 e. The number of hydrogen-bond acceptors (Lipinski definition) is 4. The number of carbonyl (C=O) groups is 1. The lowest BCUT2D eigenvalue weighted by atomic mass is 10.0. The molecule has 0 aliphatic rings. The molecule has 0 radical (unpaired) electrons. The fourth-order valence-corrected chi connectivity index (χ4v) is 2.22. The van der Waals surface area contributed by atoms with Gasteiger partial charge >= 0.3 is 0 Å². The first kappa shape index (κ1) is 15.2. The smallest absolute Gasteiger partial charge is 0.277 e. The van der Waals surface area contributed by atoms with Crippen molar-refractivity contribution in [3.05, 3.63) is 41.2 Å². The maximum Gasteiger partial charge on any atom is 0.277 e. The van der Waals surface area contributed by atoms with Crippen molar-refractivity contribution in [2.24, 2.45) is 5.73 Å². The Labute approximate surface area is 124 Å². The van der Waals surface area contributed by atoms with E-state index in [4.69, 9.17) is 5.73 Å². The SMILES string of the molecule is CCc1cccc(CC)c1NC(=O)c1cn(CCN)nn1. The van der Waals surface area contributed by atoms with E-state index >= 15 is 0 Å². The molecule has 0 aliphatic heterocycles. The molecule has 21 heavy (non-hydrogen) atoms. The zero-order valence-corrected chi connectivity index (χ0v) is 12.5. The van der Waals surface area contributed by atoms with Crippen molar-refractivity contribution < 1.29 is 4.79 Å². The number of anilines is 1. The molecular formula is C15H21N5O. The molecule has 1 heterocycles. The number of nitrogens with one attached hydrogen (secondary N) is 1. The fourth-order valence-electron chi connectivity index (χ4n) is 2.22. The molecule has 2 aromatic rings. The number of aromatic nitrogens is 3. The Kier molecular flexibility index (Phi) is 5.05. The van der Waals surface area contributed by atoms with Gasteiger partial charge in [-0.2, -0.15) is 0 Å². The number of aryl methyl sites for hydroxylation is 2. The number of rotatable bonds is 6. The van der Waals surface area contributed by atoms with E-state index in [9.17, 15) is 4.79 Å². The summed E-state index contributed by atoms with van der Waals surface area (Å²) in [5.74, 6) is -0.242. The number of benzene rings is 1. The average molecular weight is 287 g/mol. The van der Waals surface area contributed by atoms with Gasteiger partial charge in [0.05, 0.1) is 12.7 Å². The molecule has 112 valence electrons. The van der Waals surface area contributed by atoms with Crippen LogP contribution in [0.15, 0.2) is 24.4 Å². The van der Waals surface area contributed by atoms with E-state index in [2.05, 4.69) is 29.5 Å². The lowest BCUT2D eigenvalue weighted by Gasteiger charge is -2.13. The Morgan fingerprint density at radius 1 is 1.29 bits per heavy atom. The average Bonchev–Trinajstić information content (AvgIpc) is 2.96. The number of carbonyl (C=O) groups excluding carboxylic acids is 1. The quantitative estimate of drug-likeness (QED) is 0.845. The van der Waals surface area contributed by atoms with Crippen LogP contribution in [0.3, 0.4) is 0 Å². The fraction of sp³-hybridized carbons (Fsp3) is 0.400. The molecular weight excluding hydrogens is 266 g/mol. The second-order valence-corrected chi connectivity index (χ2v) is 4.77. The molecule has 0 saturated heterocycles. The third-order valence-electron chi connectivity index (χ3n) is 3.37. The van der Waals surface area contributed by atoms with E-state index in [0.717, 1.165) is 29.7 Å². The van der Waals surface area contributed by atoms with Gasteiger partial charge in [0.15, 0.2) is 5.69 Å². The van der Waals surface area contributed by atoms with E-state index in [0.29, 0.717) is 18.8 Å². The van der Waals surface area contributed by atoms with E-state index in [1.165, 1.54) is 0 Å². The first-order chi connectivity index (χ1) is 10.2. The maximum atomic E-state index is 12.3. The predicted octanol–water partition coefficient (Wildman–Crippen LogP) is 1.61. The molecule has 6 nitrogen and oxygen atoms in total. The highest BCUT2D eigenvalue weighted by molar-refractivity contribution is 6.03. The topological polar surface area (TPSA) is 85.8 Å². The predicted molar refractivity (Wildman–Crippen MR) is 82.2 cm³/mol. The third-order valence-corrected chi connectivity index (χ3v) is 3.37. The van der Waals surface area contributed by atoms with Gasteiger partial charge in [0, 0.05) is 12.2 Å². The highest BCUT2D eigenvalue weighted by Crippen LogP contribution is 2.23. The minimum Gasteiger partial charge on any atom is -0.329 e. The summed E-state index contributed by atoms with van der Waals surface area (Å²) in [5, 5.41) is 10.7. The van der Waals surface area contributed by atoms with Crippen molar-refractivity contribution in [1.82, 2.24) is 15.0 Å². The Morgan fingerprint density at radius 2 is 1.95 bits per heavy atom. The summed E-state index contributed by atoms with van der Waals surface area (Å²) in [6.45, 7) is 5.15. The molecule has 0 bridgehead atoms. The minimum absolute atomic E-state index is 0.242. The summed E-state index contributed by atoms with van der Waals surface area (Å²) in [4.78, 5) is 12.3. The first-order valence-electron chi connectivity index (χ1n) is 7.21. The van der Waals surface area contributed by atoms with Gasteiger partial charge < -0.3 is 11.1 Å². The van der Waals surface area contributed by atoms with Crippen molar-refractivity contribution in [3.63, 3.8) is 0 Å². The molecule has 1 aromatic heterocycles. The maximum absolute atomic E-state index is 12.3. The van der Waals surface area contributed by atoms with E-state index in [-0.39, 0.29) is 5.91 Å². The highest BCUT2D eigenvalue weighted by atomic mass is 16.2. The molecule has 0 saturated carbocycles. The second-order valence-electron chi connectivity index (χ2n) is 4.77. The van der Waals surface area contributed by atoms with Crippen LogP contribution in [0.1, 0.15) is 35.5 Å². The molecule has 2 rings (SSSR count). The Morgan fingerprint density at radius 3 is 2.52 bits per heavy atom. The highest BCUT2D eigenvalue weighted by Gasteiger charge is 2.14. The zero-order valence-electron chi connectivity index (χ0n) is 12.5. The van der Waals surface area contributed by atoms with Crippen molar-refractivity contribution in [1.29, 1.82) is 0 Å². The van der Waals surface area contributed by atoms with E-state index in [1.54, 1.807) is 10.9 Å². The standard InChI is InChI=1S/C15H21N5O/c1-3-11-6-5-7-12(4-2)14(11)17-15(21)13-10-20(9-8-16)19-18-13/h5-7,10H,3-4,8-9,16H2,1-2H3,(H,17,21). The molecule has 0 unspecified atom stereocenters. The normalized spacial score (nSPS) is 10.6. The van der Waals surface area contributed by atoms with Gasteiger partial charge in [0.1, 0.15) is 0 Å². The Hall–Kier alpha value is -2.21. The van der Waals surface area contributed by atoms with Crippen molar-refractivity contribution in [2.45, 2.75) is 33.2 Å². The van der Waals surface area contributed by atoms with Crippen LogP contribution in [0.4, 0.5) is 5.69 Å². The minimum atomic E-state index is -0.242. The molecule has 0 spiro atoms. The molecule has 6 heteroatoms. The summed E-state index contributed by atoms with van der Waals surface area (Å²) in [6, 6.07) is 6.07. The summed E-state index contributed by atoms with van der Waals surface area (Å²) < 4.78 is 1.57. The van der Waals surface area contributed by atoms with Gasteiger partial charge in [-0.1, -0.05) is 37.3 Å². The number of amides is 1. The third kappa shape index (κ3) is 3.46. The van der Waals surface area contributed by atoms with Gasteiger partial charge in [0.2, 0.25) is 0 Å². The van der Waals surface area contributed by atoms with Crippen LogP contribution in [0, 0.1) is 0 Å². The lowest BCUT2D eigenvalue weighted by molar-refractivity contribution is 0.102. The lowest BCUT2D eigenvalue weighted by Crippen LogP contribution is -2.15. The van der Waals surface area contributed by atoms with Gasteiger partial charge in [0.25, 0.3) is 5.91 Å². The summed E-state index contributed by atoms with van der Waals surface area (Å²) in [5.41, 5.74) is 8.89. The second kappa shape index (κ2) is 6.99.